The standard InChI is InChI=1S/C13H14N2O5.CH3F/c1-3-9-6-15(11-5-4-10(7-16)20-11)13(18)14-12(9)19-8(2)17;1-2/h1,6,10-11,16H,4-5,7H2,2H3;1H3. The van der Waals surface area contributed by atoms with E-state index in [-0.39, 0.29) is 24.2 Å². The summed E-state index contributed by atoms with van der Waals surface area (Å²) >= 11 is 0. The highest BCUT2D eigenvalue weighted by molar-refractivity contribution is 5.69. The van der Waals surface area contributed by atoms with Gasteiger partial charge in [-0.2, -0.15) is 4.98 Å². The number of rotatable bonds is 3. The van der Waals surface area contributed by atoms with Crippen LogP contribution in [0.5, 0.6) is 5.88 Å². The Labute approximate surface area is 126 Å². The van der Waals surface area contributed by atoms with E-state index in [0.717, 1.165) is 0 Å². The summed E-state index contributed by atoms with van der Waals surface area (Å²) in [4.78, 5) is 26.5. The molecule has 0 bridgehead atoms. The second-order valence-corrected chi connectivity index (χ2v) is 4.36. The molecule has 1 aromatic heterocycles. The highest BCUT2D eigenvalue weighted by Gasteiger charge is 2.27. The lowest BCUT2D eigenvalue weighted by Crippen LogP contribution is -2.28. The Morgan fingerprint density at radius 2 is 2.32 bits per heavy atom. The van der Waals surface area contributed by atoms with Gasteiger partial charge < -0.3 is 14.6 Å². The number of hydrogen-bond acceptors (Lipinski definition) is 6. The topological polar surface area (TPSA) is 90.7 Å². The average Bonchev–Trinajstić information content (AvgIpc) is 2.98. The molecule has 0 radical (unpaired) electrons. The summed E-state index contributed by atoms with van der Waals surface area (Å²) in [5, 5.41) is 9.03. The first-order valence-electron chi connectivity index (χ1n) is 6.47. The highest BCUT2D eigenvalue weighted by atomic mass is 19.1. The molecule has 7 nitrogen and oxygen atoms in total. The van der Waals surface area contributed by atoms with Gasteiger partial charge in [0.1, 0.15) is 11.8 Å². The lowest BCUT2D eigenvalue weighted by Gasteiger charge is -2.15. The predicted octanol–water partition coefficient (Wildman–Crippen LogP) is 0.406. The SMILES string of the molecule is C#Cc1cn(C2CCC(CO)O2)c(=O)nc1OC(C)=O.CF. The molecule has 0 amide bonds. The number of carbonyl (C=O) groups excluding carboxylic acids is 1. The summed E-state index contributed by atoms with van der Waals surface area (Å²) in [5.41, 5.74) is -0.431. The number of hydrogen-bond donors (Lipinski definition) is 1. The van der Waals surface area contributed by atoms with Crippen LogP contribution >= 0.6 is 0 Å². The molecule has 0 spiro atoms. The molecule has 1 fully saturated rings. The Balaban J connectivity index is 0.00000116. The number of halogens is 1. The van der Waals surface area contributed by atoms with E-state index in [1.165, 1.54) is 17.7 Å². The average molecular weight is 312 g/mol. The zero-order valence-electron chi connectivity index (χ0n) is 12.3. The van der Waals surface area contributed by atoms with Crippen molar-refractivity contribution >= 4 is 5.97 Å². The van der Waals surface area contributed by atoms with Gasteiger partial charge in [-0.05, 0) is 12.8 Å². The normalized spacial score (nSPS) is 19.8. The summed E-state index contributed by atoms with van der Waals surface area (Å²) in [6, 6.07) is 0. The molecule has 1 aliphatic heterocycles. The van der Waals surface area contributed by atoms with Crippen molar-refractivity contribution in [3.63, 3.8) is 0 Å². The van der Waals surface area contributed by atoms with Crippen LogP contribution in [0.2, 0.25) is 0 Å². The van der Waals surface area contributed by atoms with Crippen molar-refractivity contribution in [1.82, 2.24) is 9.55 Å². The van der Waals surface area contributed by atoms with Crippen LogP contribution in [0.25, 0.3) is 0 Å². The number of ether oxygens (including phenoxy) is 2. The fraction of sp³-hybridized carbons (Fsp3) is 0.500. The van der Waals surface area contributed by atoms with Crippen molar-refractivity contribution in [2.24, 2.45) is 0 Å². The van der Waals surface area contributed by atoms with Crippen LogP contribution in [-0.2, 0) is 9.53 Å². The third-order valence-electron chi connectivity index (χ3n) is 2.91. The van der Waals surface area contributed by atoms with Gasteiger partial charge in [-0.1, -0.05) is 5.92 Å². The largest absolute Gasteiger partial charge is 0.406 e. The number of aliphatic hydroxyl groups excluding tert-OH is 1. The molecule has 2 heterocycles. The van der Waals surface area contributed by atoms with Crippen LogP contribution in [-0.4, -0.2) is 40.5 Å². The number of aromatic nitrogens is 2. The van der Waals surface area contributed by atoms with Crippen LogP contribution in [0.3, 0.4) is 0 Å². The fourth-order valence-electron chi connectivity index (χ4n) is 2.00. The Bertz CT molecular complexity index is 623. The van der Waals surface area contributed by atoms with Crippen LogP contribution in [0.15, 0.2) is 11.0 Å². The molecule has 1 aromatic rings. The van der Waals surface area contributed by atoms with Crippen LogP contribution < -0.4 is 10.4 Å². The zero-order chi connectivity index (χ0) is 16.7. The van der Waals surface area contributed by atoms with Gasteiger partial charge in [0.2, 0.25) is 5.88 Å². The molecule has 1 aliphatic rings. The van der Waals surface area contributed by atoms with Gasteiger partial charge in [-0.25, -0.2) is 4.79 Å². The van der Waals surface area contributed by atoms with Gasteiger partial charge in [0.25, 0.3) is 0 Å². The fourth-order valence-corrected chi connectivity index (χ4v) is 2.00. The number of nitrogens with zero attached hydrogens (tertiary/aromatic N) is 2. The van der Waals surface area contributed by atoms with E-state index >= 15 is 0 Å². The summed E-state index contributed by atoms with van der Waals surface area (Å²) in [5.74, 6) is 1.52. The first-order chi connectivity index (χ1) is 10.5. The van der Waals surface area contributed by atoms with E-state index in [9.17, 15) is 14.0 Å². The van der Waals surface area contributed by atoms with Gasteiger partial charge in [-0.3, -0.25) is 13.8 Å². The molecule has 0 aliphatic carbocycles. The molecule has 2 atom stereocenters. The monoisotopic (exact) mass is 312 g/mol. The summed E-state index contributed by atoms with van der Waals surface area (Å²) in [7, 11) is 0.500. The third kappa shape index (κ3) is 4.13. The third-order valence-corrected chi connectivity index (χ3v) is 2.91. The van der Waals surface area contributed by atoms with Crippen molar-refractivity contribution in [1.29, 1.82) is 0 Å². The minimum absolute atomic E-state index is 0.105. The Kier molecular flexibility index (Phi) is 6.69. The van der Waals surface area contributed by atoms with Crippen molar-refractivity contribution in [2.45, 2.75) is 32.1 Å². The molecular formula is C14H17FN2O5. The van der Waals surface area contributed by atoms with E-state index in [1.54, 1.807) is 0 Å². The van der Waals surface area contributed by atoms with Gasteiger partial charge in [0, 0.05) is 13.1 Å². The van der Waals surface area contributed by atoms with Crippen LogP contribution in [0.1, 0.15) is 31.6 Å². The molecule has 2 unspecified atom stereocenters. The number of terminal acetylenes is 1. The van der Waals surface area contributed by atoms with Crippen LogP contribution in [0, 0.1) is 12.3 Å². The minimum atomic E-state index is -0.621. The second kappa shape index (κ2) is 8.26. The van der Waals surface area contributed by atoms with E-state index in [2.05, 4.69) is 10.9 Å². The summed E-state index contributed by atoms with van der Waals surface area (Å²) in [6.45, 7) is 1.09. The van der Waals surface area contributed by atoms with Gasteiger partial charge in [0.15, 0.2) is 0 Å². The van der Waals surface area contributed by atoms with Crippen molar-refractivity contribution in [3.05, 3.63) is 22.2 Å². The first kappa shape index (κ1) is 17.8. The van der Waals surface area contributed by atoms with E-state index in [4.69, 9.17) is 21.0 Å². The summed E-state index contributed by atoms with van der Waals surface area (Å²) < 4.78 is 21.0. The lowest BCUT2D eigenvalue weighted by atomic mass is 10.2. The molecule has 0 saturated carbocycles. The number of carbonyl (C=O) groups is 1. The quantitative estimate of drug-likeness (QED) is 0.642. The van der Waals surface area contributed by atoms with E-state index < -0.39 is 17.9 Å². The number of alkyl halides is 1. The molecule has 1 saturated heterocycles. The number of esters is 1. The first-order valence-corrected chi connectivity index (χ1v) is 6.47. The molecular weight excluding hydrogens is 295 g/mol. The van der Waals surface area contributed by atoms with Gasteiger partial charge in [-0.15, -0.1) is 6.42 Å². The van der Waals surface area contributed by atoms with E-state index in [1.807, 2.05) is 0 Å². The highest BCUT2D eigenvalue weighted by Crippen LogP contribution is 2.27. The Hall–Kier alpha value is -2.24. The maximum atomic E-state index is 11.9. The second-order valence-electron chi connectivity index (χ2n) is 4.36. The van der Waals surface area contributed by atoms with Crippen molar-refractivity contribution < 1.29 is 23.8 Å². The molecule has 0 aromatic carbocycles. The number of aliphatic hydroxyl groups is 1. The van der Waals surface area contributed by atoms with Gasteiger partial charge in [0.05, 0.1) is 19.9 Å². The van der Waals surface area contributed by atoms with Crippen molar-refractivity contribution in [3.8, 4) is 18.2 Å². The van der Waals surface area contributed by atoms with E-state index in [0.29, 0.717) is 20.0 Å². The molecule has 120 valence electrons. The smallest absolute Gasteiger partial charge is 0.353 e. The maximum absolute atomic E-state index is 11.9. The Morgan fingerprint density at radius 1 is 1.64 bits per heavy atom. The lowest BCUT2D eigenvalue weighted by molar-refractivity contribution is -0.132. The Morgan fingerprint density at radius 3 is 2.82 bits per heavy atom. The zero-order valence-corrected chi connectivity index (χ0v) is 12.3. The predicted molar refractivity (Wildman–Crippen MR) is 75.0 cm³/mol. The summed E-state index contributed by atoms with van der Waals surface area (Å²) in [6.07, 6.45) is 7.09. The molecule has 1 N–H and O–H groups in total. The molecule has 2 rings (SSSR count). The minimum Gasteiger partial charge on any atom is -0.406 e. The molecule has 8 heteroatoms. The maximum Gasteiger partial charge on any atom is 0.353 e. The molecule has 22 heavy (non-hydrogen) atoms. The van der Waals surface area contributed by atoms with Crippen LogP contribution in [0.4, 0.5) is 4.39 Å². The van der Waals surface area contributed by atoms with Crippen molar-refractivity contribution in [2.75, 3.05) is 13.8 Å². The van der Waals surface area contributed by atoms with Gasteiger partial charge >= 0.3 is 11.7 Å².